The minimum atomic E-state index is -1.08. The lowest BCUT2D eigenvalue weighted by atomic mass is 10.1. The molecule has 6 nitrogen and oxygen atoms in total. The highest BCUT2D eigenvalue weighted by Crippen LogP contribution is 2.19. The minimum Gasteiger partial charge on any atom is -0.478 e. The predicted octanol–water partition coefficient (Wildman–Crippen LogP) is 1.54. The summed E-state index contributed by atoms with van der Waals surface area (Å²) in [7, 11) is 1.58. The second-order valence-corrected chi connectivity index (χ2v) is 4.23. The number of aliphatic hydroxyl groups is 1. The number of carbonyl (C=O) groups is 2. The highest BCUT2D eigenvalue weighted by Gasteiger charge is 2.16. The monoisotopic (exact) mass is 266 g/mol. The Morgan fingerprint density at radius 1 is 1.37 bits per heavy atom. The second kappa shape index (κ2) is 6.75. The van der Waals surface area contributed by atoms with Crippen LogP contribution in [0.3, 0.4) is 0 Å². The van der Waals surface area contributed by atoms with Gasteiger partial charge in [-0.05, 0) is 25.0 Å². The van der Waals surface area contributed by atoms with Gasteiger partial charge in [0, 0.05) is 20.2 Å². The average molecular weight is 266 g/mol. The Labute approximate surface area is 111 Å². The number of rotatable bonds is 5. The molecule has 0 saturated heterocycles. The fourth-order valence-corrected chi connectivity index (χ4v) is 1.68. The number of urea groups is 1. The molecule has 0 unspecified atom stereocenters. The van der Waals surface area contributed by atoms with Crippen LogP contribution in [0.1, 0.15) is 22.3 Å². The van der Waals surface area contributed by atoms with Gasteiger partial charge in [0.15, 0.2) is 0 Å². The minimum absolute atomic E-state index is 0.00242. The van der Waals surface area contributed by atoms with E-state index in [9.17, 15) is 9.59 Å². The van der Waals surface area contributed by atoms with Crippen LogP contribution in [0.5, 0.6) is 0 Å². The van der Waals surface area contributed by atoms with Gasteiger partial charge in [-0.3, -0.25) is 0 Å². The van der Waals surface area contributed by atoms with Gasteiger partial charge in [0.25, 0.3) is 0 Å². The molecule has 1 rings (SSSR count). The lowest BCUT2D eigenvalue weighted by Crippen LogP contribution is -2.33. The third-order valence-corrected chi connectivity index (χ3v) is 2.73. The summed E-state index contributed by atoms with van der Waals surface area (Å²) in [6, 6.07) is 4.51. The molecule has 0 aliphatic carbocycles. The third-order valence-electron chi connectivity index (χ3n) is 2.73. The van der Waals surface area contributed by atoms with Crippen molar-refractivity contribution in [2.24, 2.45) is 0 Å². The summed E-state index contributed by atoms with van der Waals surface area (Å²) in [5.74, 6) is -1.08. The van der Waals surface area contributed by atoms with E-state index in [0.717, 1.165) is 0 Å². The zero-order valence-electron chi connectivity index (χ0n) is 11.0. The van der Waals surface area contributed by atoms with Crippen LogP contribution in [-0.4, -0.2) is 47.3 Å². The molecule has 3 N–H and O–H groups in total. The number of aromatic carboxylic acids is 1. The summed E-state index contributed by atoms with van der Waals surface area (Å²) < 4.78 is 0. The van der Waals surface area contributed by atoms with Crippen molar-refractivity contribution < 1.29 is 19.8 Å². The number of aryl methyl sites for hydroxylation is 1. The van der Waals surface area contributed by atoms with Crippen LogP contribution in [-0.2, 0) is 0 Å². The zero-order valence-corrected chi connectivity index (χ0v) is 11.0. The van der Waals surface area contributed by atoms with E-state index in [4.69, 9.17) is 10.2 Å². The summed E-state index contributed by atoms with van der Waals surface area (Å²) in [6.45, 7) is 2.08. The lowest BCUT2D eigenvalue weighted by Gasteiger charge is -2.18. The molecular formula is C13H18N2O4. The number of nitrogens with zero attached hydrogens (tertiary/aromatic N) is 1. The molecule has 0 fully saturated rings. The summed E-state index contributed by atoms with van der Waals surface area (Å²) in [5, 5.41) is 20.4. The van der Waals surface area contributed by atoms with Crippen molar-refractivity contribution in [3.05, 3.63) is 29.3 Å². The number of hydrogen-bond acceptors (Lipinski definition) is 3. The third kappa shape index (κ3) is 3.96. The van der Waals surface area contributed by atoms with Crippen molar-refractivity contribution >= 4 is 17.7 Å². The van der Waals surface area contributed by atoms with Gasteiger partial charge in [-0.15, -0.1) is 0 Å². The highest BCUT2D eigenvalue weighted by atomic mass is 16.4. The van der Waals surface area contributed by atoms with Crippen LogP contribution < -0.4 is 5.32 Å². The van der Waals surface area contributed by atoms with Crippen LogP contribution in [0.4, 0.5) is 10.5 Å². The zero-order chi connectivity index (χ0) is 14.4. The van der Waals surface area contributed by atoms with Crippen LogP contribution in [0.15, 0.2) is 18.2 Å². The fraction of sp³-hybridized carbons (Fsp3) is 0.385. The van der Waals surface area contributed by atoms with E-state index in [2.05, 4.69) is 5.32 Å². The van der Waals surface area contributed by atoms with E-state index in [1.54, 1.807) is 32.2 Å². The number of hydrogen-bond donors (Lipinski definition) is 3. The fourth-order valence-electron chi connectivity index (χ4n) is 1.68. The molecule has 2 amide bonds. The molecule has 0 radical (unpaired) electrons. The first-order valence-electron chi connectivity index (χ1n) is 5.93. The molecule has 19 heavy (non-hydrogen) atoms. The first-order valence-corrected chi connectivity index (χ1v) is 5.93. The van der Waals surface area contributed by atoms with Crippen molar-refractivity contribution in [2.45, 2.75) is 13.3 Å². The van der Waals surface area contributed by atoms with Crippen molar-refractivity contribution in [2.75, 3.05) is 25.5 Å². The maximum absolute atomic E-state index is 11.8. The summed E-state index contributed by atoms with van der Waals surface area (Å²) in [5.41, 5.74) is 0.947. The van der Waals surface area contributed by atoms with Crippen molar-refractivity contribution in [3.8, 4) is 0 Å². The highest BCUT2D eigenvalue weighted by molar-refractivity contribution is 6.01. The standard InChI is InChI=1S/C13H18N2O4/c1-9-5-3-6-10(11(9)12(17)18)14-13(19)15(2)7-4-8-16/h3,5-6,16H,4,7-8H2,1-2H3,(H,14,19)(H,17,18). The first-order chi connectivity index (χ1) is 8.97. The van der Waals surface area contributed by atoms with Gasteiger partial charge in [-0.25, -0.2) is 9.59 Å². The smallest absolute Gasteiger partial charge is 0.338 e. The molecule has 1 aromatic carbocycles. The number of amides is 2. The molecule has 0 spiro atoms. The van der Waals surface area contributed by atoms with Crippen LogP contribution in [0.2, 0.25) is 0 Å². The Kier molecular flexibility index (Phi) is 5.32. The SMILES string of the molecule is Cc1cccc(NC(=O)N(C)CCCO)c1C(=O)O. The average Bonchev–Trinajstić information content (AvgIpc) is 2.35. The number of carboxylic acids is 1. The molecule has 0 bridgehead atoms. The Morgan fingerprint density at radius 3 is 2.63 bits per heavy atom. The first kappa shape index (κ1) is 15.0. The van der Waals surface area contributed by atoms with Gasteiger partial charge in [-0.1, -0.05) is 12.1 Å². The van der Waals surface area contributed by atoms with Gasteiger partial charge in [0.05, 0.1) is 11.3 Å². The van der Waals surface area contributed by atoms with Crippen LogP contribution in [0.25, 0.3) is 0 Å². The molecule has 0 aromatic heterocycles. The summed E-state index contributed by atoms with van der Waals surface area (Å²) >= 11 is 0. The molecule has 0 saturated carbocycles. The molecular weight excluding hydrogens is 248 g/mol. The van der Waals surface area contributed by atoms with Gasteiger partial charge >= 0.3 is 12.0 Å². The topological polar surface area (TPSA) is 89.9 Å². The normalized spacial score (nSPS) is 10.1. The predicted molar refractivity (Wildman–Crippen MR) is 71.5 cm³/mol. The van der Waals surface area contributed by atoms with Crippen molar-refractivity contribution in [1.82, 2.24) is 4.90 Å². The molecule has 0 aliphatic heterocycles. The molecule has 104 valence electrons. The largest absolute Gasteiger partial charge is 0.478 e. The van der Waals surface area contributed by atoms with Gasteiger partial charge in [0.1, 0.15) is 0 Å². The number of anilines is 1. The summed E-state index contributed by atoms with van der Waals surface area (Å²) in [6.07, 6.45) is 0.476. The van der Waals surface area contributed by atoms with Gasteiger partial charge < -0.3 is 20.4 Å². The molecule has 0 aliphatic rings. The van der Waals surface area contributed by atoms with E-state index in [-0.39, 0.29) is 17.9 Å². The number of nitrogens with one attached hydrogen (secondary N) is 1. The Balaban J connectivity index is 2.85. The van der Waals surface area contributed by atoms with E-state index >= 15 is 0 Å². The number of aliphatic hydroxyl groups excluding tert-OH is 1. The number of benzene rings is 1. The Morgan fingerprint density at radius 2 is 2.05 bits per heavy atom. The molecule has 1 aromatic rings. The van der Waals surface area contributed by atoms with Crippen molar-refractivity contribution in [3.63, 3.8) is 0 Å². The summed E-state index contributed by atoms with van der Waals surface area (Å²) in [4.78, 5) is 24.4. The second-order valence-electron chi connectivity index (χ2n) is 4.23. The molecule has 6 heteroatoms. The Hall–Kier alpha value is -2.08. The van der Waals surface area contributed by atoms with E-state index in [1.807, 2.05) is 0 Å². The van der Waals surface area contributed by atoms with Gasteiger partial charge in [-0.2, -0.15) is 0 Å². The number of carbonyl (C=O) groups excluding carboxylic acids is 1. The lowest BCUT2D eigenvalue weighted by molar-refractivity contribution is 0.0697. The van der Waals surface area contributed by atoms with Crippen LogP contribution in [0, 0.1) is 6.92 Å². The van der Waals surface area contributed by atoms with Gasteiger partial charge in [0.2, 0.25) is 0 Å². The Bertz CT molecular complexity index is 474. The van der Waals surface area contributed by atoms with Crippen LogP contribution >= 0.6 is 0 Å². The van der Waals surface area contributed by atoms with E-state index < -0.39 is 12.0 Å². The van der Waals surface area contributed by atoms with E-state index in [0.29, 0.717) is 18.5 Å². The van der Waals surface area contributed by atoms with E-state index in [1.165, 1.54) is 4.90 Å². The molecule has 0 atom stereocenters. The maximum Gasteiger partial charge on any atom is 0.338 e. The maximum atomic E-state index is 11.8. The van der Waals surface area contributed by atoms with Crippen molar-refractivity contribution in [1.29, 1.82) is 0 Å². The number of carboxylic acid groups (broad SMARTS) is 1. The molecule has 0 heterocycles. The quantitative estimate of drug-likeness (QED) is 0.754.